The molecular formula is C17H13Cl2FN4OS. The summed E-state index contributed by atoms with van der Waals surface area (Å²) in [6.45, 7) is 0. The summed E-state index contributed by atoms with van der Waals surface area (Å²) in [5.74, 6) is -0.198. The Balaban J connectivity index is 1.69. The summed E-state index contributed by atoms with van der Waals surface area (Å²) >= 11 is 13.3. The third-order valence-electron chi connectivity index (χ3n) is 3.49. The van der Waals surface area contributed by atoms with E-state index in [9.17, 15) is 9.18 Å². The van der Waals surface area contributed by atoms with Crippen LogP contribution in [0.2, 0.25) is 10.0 Å². The minimum Gasteiger partial charge on any atom is -0.323 e. The van der Waals surface area contributed by atoms with E-state index in [1.807, 2.05) is 0 Å². The molecule has 0 aliphatic carbocycles. The highest BCUT2D eigenvalue weighted by Gasteiger charge is 2.15. The highest BCUT2D eigenvalue weighted by Crippen LogP contribution is 2.30. The first-order chi connectivity index (χ1) is 12.5. The van der Waals surface area contributed by atoms with E-state index in [0.717, 1.165) is 0 Å². The fourth-order valence-corrected chi connectivity index (χ4v) is 3.43. The molecule has 0 spiro atoms. The van der Waals surface area contributed by atoms with Gasteiger partial charge in [0.1, 0.15) is 5.82 Å². The van der Waals surface area contributed by atoms with Gasteiger partial charge in [-0.15, -0.1) is 10.2 Å². The lowest BCUT2D eigenvalue weighted by Crippen LogP contribution is -2.15. The van der Waals surface area contributed by atoms with Gasteiger partial charge in [0.05, 0.1) is 16.5 Å². The lowest BCUT2D eigenvalue weighted by Gasteiger charge is -2.07. The topological polar surface area (TPSA) is 59.8 Å². The Kier molecular flexibility index (Phi) is 5.80. The average molecular weight is 411 g/mol. The van der Waals surface area contributed by atoms with Crippen molar-refractivity contribution in [1.82, 2.24) is 14.8 Å². The number of halogens is 3. The van der Waals surface area contributed by atoms with Crippen molar-refractivity contribution in [3.63, 3.8) is 0 Å². The molecule has 1 aromatic heterocycles. The maximum Gasteiger partial charge on any atom is 0.234 e. The van der Waals surface area contributed by atoms with Gasteiger partial charge in [-0.1, -0.05) is 47.1 Å². The van der Waals surface area contributed by atoms with E-state index >= 15 is 0 Å². The smallest absolute Gasteiger partial charge is 0.234 e. The van der Waals surface area contributed by atoms with Gasteiger partial charge in [0.25, 0.3) is 0 Å². The van der Waals surface area contributed by atoms with Crippen LogP contribution in [-0.2, 0) is 11.8 Å². The summed E-state index contributed by atoms with van der Waals surface area (Å²) in [5.41, 5.74) is 0.832. The summed E-state index contributed by atoms with van der Waals surface area (Å²) in [7, 11) is 1.78. The van der Waals surface area contributed by atoms with Crippen LogP contribution in [-0.4, -0.2) is 26.4 Å². The van der Waals surface area contributed by atoms with E-state index in [2.05, 4.69) is 15.5 Å². The molecule has 26 heavy (non-hydrogen) atoms. The van der Waals surface area contributed by atoms with Gasteiger partial charge >= 0.3 is 0 Å². The van der Waals surface area contributed by atoms with Gasteiger partial charge in [-0.25, -0.2) is 4.39 Å². The number of rotatable bonds is 5. The molecule has 0 saturated carbocycles. The average Bonchev–Trinajstić information content (AvgIpc) is 2.96. The molecule has 0 aliphatic heterocycles. The number of hydrogen-bond donors (Lipinski definition) is 1. The molecule has 0 atom stereocenters. The number of benzene rings is 2. The van der Waals surface area contributed by atoms with Crippen LogP contribution in [0.5, 0.6) is 0 Å². The quantitative estimate of drug-likeness (QED) is 0.621. The molecule has 1 heterocycles. The van der Waals surface area contributed by atoms with Crippen molar-refractivity contribution >= 4 is 46.6 Å². The zero-order valence-electron chi connectivity index (χ0n) is 13.5. The fraction of sp³-hybridized carbons (Fsp3) is 0.118. The second-order valence-electron chi connectivity index (χ2n) is 5.31. The van der Waals surface area contributed by atoms with Gasteiger partial charge in [0, 0.05) is 17.6 Å². The van der Waals surface area contributed by atoms with Crippen molar-refractivity contribution in [2.24, 2.45) is 7.05 Å². The number of carbonyl (C=O) groups is 1. The normalized spacial score (nSPS) is 10.8. The molecule has 0 unspecified atom stereocenters. The highest BCUT2D eigenvalue weighted by atomic mass is 35.5. The lowest BCUT2D eigenvalue weighted by atomic mass is 10.2. The molecule has 0 fully saturated rings. The second kappa shape index (κ2) is 8.07. The minimum absolute atomic E-state index is 0.0641. The third kappa shape index (κ3) is 4.17. The Morgan fingerprint density at radius 3 is 2.73 bits per heavy atom. The number of anilines is 1. The number of nitrogens with one attached hydrogen (secondary N) is 1. The third-order valence-corrected chi connectivity index (χ3v) is 5.06. The number of carbonyl (C=O) groups excluding carboxylic acids is 1. The molecule has 1 N–H and O–H groups in total. The standard InChI is InChI=1S/C17H13Cl2FN4OS/c1-24-16(11-7-6-10(18)8-12(11)19)22-23-17(24)26-9-15(25)21-14-5-3-2-4-13(14)20/h2-8H,9H2,1H3,(H,21,25). The van der Waals surface area contributed by atoms with Gasteiger partial charge in [-0.3, -0.25) is 4.79 Å². The molecule has 3 rings (SSSR count). The molecule has 2 aromatic carbocycles. The van der Waals surface area contributed by atoms with Crippen LogP contribution in [0.3, 0.4) is 0 Å². The zero-order valence-corrected chi connectivity index (χ0v) is 15.9. The van der Waals surface area contributed by atoms with Crippen molar-refractivity contribution in [3.8, 4) is 11.4 Å². The molecule has 3 aromatic rings. The summed E-state index contributed by atoms with van der Waals surface area (Å²) in [4.78, 5) is 12.0. The molecule has 0 radical (unpaired) electrons. The van der Waals surface area contributed by atoms with Crippen LogP contribution in [0.15, 0.2) is 47.6 Å². The SMILES string of the molecule is Cn1c(SCC(=O)Nc2ccccc2F)nnc1-c1ccc(Cl)cc1Cl. The van der Waals surface area contributed by atoms with Crippen LogP contribution in [0.4, 0.5) is 10.1 Å². The Labute approximate surface area is 163 Å². The van der Waals surface area contributed by atoms with Crippen molar-refractivity contribution in [2.75, 3.05) is 11.1 Å². The number of hydrogen-bond acceptors (Lipinski definition) is 4. The number of aromatic nitrogens is 3. The Bertz CT molecular complexity index is 964. The van der Waals surface area contributed by atoms with Crippen molar-refractivity contribution in [2.45, 2.75) is 5.16 Å². The summed E-state index contributed by atoms with van der Waals surface area (Å²) in [5, 5.41) is 12.3. The summed E-state index contributed by atoms with van der Waals surface area (Å²) < 4.78 is 15.3. The fourth-order valence-electron chi connectivity index (χ4n) is 2.22. The first-order valence-electron chi connectivity index (χ1n) is 7.47. The Morgan fingerprint density at radius 2 is 2.00 bits per heavy atom. The highest BCUT2D eigenvalue weighted by molar-refractivity contribution is 7.99. The number of nitrogens with zero attached hydrogens (tertiary/aromatic N) is 3. The molecule has 9 heteroatoms. The van der Waals surface area contributed by atoms with Crippen molar-refractivity contribution < 1.29 is 9.18 Å². The monoisotopic (exact) mass is 410 g/mol. The van der Waals surface area contributed by atoms with Gasteiger partial charge < -0.3 is 9.88 Å². The molecule has 134 valence electrons. The van der Waals surface area contributed by atoms with E-state index in [1.165, 1.54) is 23.9 Å². The molecule has 0 aliphatic rings. The van der Waals surface area contributed by atoms with Crippen molar-refractivity contribution in [3.05, 3.63) is 58.3 Å². The van der Waals surface area contributed by atoms with Crippen LogP contribution in [0, 0.1) is 5.82 Å². The van der Waals surface area contributed by atoms with Gasteiger partial charge in [-0.05, 0) is 30.3 Å². The largest absolute Gasteiger partial charge is 0.323 e. The van der Waals surface area contributed by atoms with Crippen LogP contribution in [0.1, 0.15) is 0 Å². The van der Waals surface area contributed by atoms with Crippen LogP contribution < -0.4 is 5.32 Å². The Morgan fingerprint density at radius 1 is 1.23 bits per heavy atom. The minimum atomic E-state index is -0.482. The maximum absolute atomic E-state index is 13.6. The predicted molar refractivity (Wildman–Crippen MR) is 102 cm³/mol. The summed E-state index contributed by atoms with van der Waals surface area (Å²) in [6.07, 6.45) is 0. The molecule has 0 bridgehead atoms. The molecule has 1 amide bonds. The van der Waals surface area contributed by atoms with Crippen LogP contribution >= 0.6 is 35.0 Å². The van der Waals surface area contributed by atoms with Gasteiger partial charge in [0.2, 0.25) is 5.91 Å². The van der Waals surface area contributed by atoms with E-state index < -0.39 is 5.82 Å². The van der Waals surface area contributed by atoms with E-state index in [-0.39, 0.29) is 17.3 Å². The van der Waals surface area contributed by atoms with E-state index in [1.54, 1.807) is 41.9 Å². The van der Waals surface area contributed by atoms with Crippen LogP contribution in [0.25, 0.3) is 11.4 Å². The van der Waals surface area contributed by atoms with E-state index in [4.69, 9.17) is 23.2 Å². The van der Waals surface area contributed by atoms with E-state index in [0.29, 0.717) is 26.6 Å². The number of para-hydroxylation sites is 1. The molecule has 5 nitrogen and oxygen atoms in total. The number of amides is 1. The van der Waals surface area contributed by atoms with Gasteiger partial charge in [-0.2, -0.15) is 0 Å². The molecule has 0 saturated heterocycles. The Hall–Kier alpha value is -2.09. The lowest BCUT2D eigenvalue weighted by molar-refractivity contribution is -0.113. The van der Waals surface area contributed by atoms with Gasteiger partial charge in [0.15, 0.2) is 11.0 Å². The predicted octanol–water partition coefficient (Wildman–Crippen LogP) is 4.66. The van der Waals surface area contributed by atoms with Crippen molar-refractivity contribution in [1.29, 1.82) is 0 Å². The number of thioether (sulfide) groups is 1. The first kappa shape index (κ1) is 18.7. The zero-order chi connectivity index (χ0) is 18.7. The maximum atomic E-state index is 13.6. The first-order valence-corrected chi connectivity index (χ1v) is 9.22. The second-order valence-corrected chi connectivity index (χ2v) is 7.09. The summed E-state index contributed by atoms with van der Waals surface area (Å²) in [6, 6.07) is 11.1. The molecular weight excluding hydrogens is 398 g/mol.